The average Bonchev–Trinajstić information content (AvgIpc) is 2.14. The highest BCUT2D eigenvalue weighted by Crippen LogP contribution is 2.59. The topological polar surface area (TPSA) is 20.2 Å². The van der Waals surface area contributed by atoms with Gasteiger partial charge in [0.25, 0.3) is 0 Å². The van der Waals surface area contributed by atoms with Crippen LogP contribution >= 0.6 is 0 Å². The van der Waals surface area contributed by atoms with Gasteiger partial charge in [-0.15, -0.1) is 0 Å². The Morgan fingerprint density at radius 2 is 2.18 bits per heavy atom. The van der Waals surface area contributed by atoms with Crippen LogP contribution in [-0.2, 0) is 0 Å². The van der Waals surface area contributed by atoms with E-state index in [1.165, 1.54) is 5.57 Å². The van der Waals surface area contributed by atoms with Crippen LogP contribution in [0.2, 0.25) is 0 Å². The lowest BCUT2D eigenvalue weighted by atomic mass is 9.81. The van der Waals surface area contributed by atoms with Gasteiger partial charge in [-0.2, -0.15) is 0 Å². The van der Waals surface area contributed by atoms with Crippen LogP contribution < -0.4 is 0 Å². The Labute approximate surface area is 68.1 Å². The Balaban J connectivity index is 2.37. The molecular formula is C10H16O. The molecule has 2 saturated carbocycles. The van der Waals surface area contributed by atoms with E-state index in [-0.39, 0.29) is 6.10 Å². The minimum atomic E-state index is -0.101. The molecule has 2 bridgehead atoms. The molecule has 1 N–H and O–H groups in total. The van der Waals surface area contributed by atoms with Gasteiger partial charge in [-0.1, -0.05) is 26.0 Å². The molecule has 0 amide bonds. The van der Waals surface area contributed by atoms with E-state index >= 15 is 0 Å². The molecule has 0 aromatic carbocycles. The zero-order valence-corrected chi connectivity index (χ0v) is 7.30. The Morgan fingerprint density at radius 1 is 1.55 bits per heavy atom. The maximum absolute atomic E-state index is 9.66. The standard InChI is InChI=1S/C10H16O/c1-6-4-7-5-8(11)9(6)10(7,2)3/h7-9,11H,1,4-5H2,2-3H3. The van der Waals surface area contributed by atoms with Crippen molar-refractivity contribution >= 4 is 0 Å². The first-order valence-corrected chi connectivity index (χ1v) is 4.39. The lowest BCUT2D eigenvalue weighted by molar-refractivity contribution is 0.119. The molecule has 2 aliphatic rings. The Kier molecular flexibility index (Phi) is 1.26. The molecular weight excluding hydrogens is 136 g/mol. The molecule has 2 rings (SSSR count). The van der Waals surface area contributed by atoms with Crippen molar-refractivity contribution < 1.29 is 5.11 Å². The summed E-state index contributed by atoms with van der Waals surface area (Å²) < 4.78 is 0. The maximum atomic E-state index is 9.66. The van der Waals surface area contributed by atoms with Crippen LogP contribution in [0.5, 0.6) is 0 Å². The highest BCUT2D eigenvalue weighted by molar-refractivity contribution is 5.22. The summed E-state index contributed by atoms with van der Waals surface area (Å²) in [4.78, 5) is 0. The van der Waals surface area contributed by atoms with Gasteiger partial charge < -0.3 is 5.11 Å². The van der Waals surface area contributed by atoms with Gasteiger partial charge >= 0.3 is 0 Å². The van der Waals surface area contributed by atoms with Gasteiger partial charge in [0.15, 0.2) is 0 Å². The fourth-order valence-corrected chi connectivity index (χ4v) is 3.07. The van der Waals surface area contributed by atoms with Crippen molar-refractivity contribution in [2.45, 2.75) is 32.8 Å². The van der Waals surface area contributed by atoms with Crippen molar-refractivity contribution in [2.75, 3.05) is 0 Å². The maximum Gasteiger partial charge on any atom is 0.0613 e. The molecule has 0 radical (unpaired) electrons. The van der Waals surface area contributed by atoms with Gasteiger partial charge in [0.1, 0.15) is 0 Å². The quantitative estimate of drug-likeness (QED) is 0.526. The number of fused-ring (bicyclic) bond motifs is 2. The molecule has 0 aliphatic heterocycles. The van der Waals surface area contributed by atoms with Crippen LogP contribution in [0.25, 0.3) is 0 Å². The molecule has 2 fully saturated rings. The third kappa shape index (κ3) is 0.750. The van der Waals surface area contributed by atoms with Crippen LogP contribution in [0.3, 0.4) is 0 Å². The summed E-state index contributed by atoms with van der Waals surface area (Å²) in [7, 11) is 0. The second-order valence-electron chi connectivity index (χ2n) is 4.66. The molecule has 0 aromatic rings. The van der Waals surface area contributed by atoms with Crippen LogP contribution in [0.4, 0.5) is 0 Å². The summed E-state index contributed by atoms with van der Waals surface area (Å²) in [6.45, 7) is 8.54. The fraction of sp³-hybridized carbons (Fsp3) is 0.800. The van der Waals surface area contributed by atoms with E-state index in [0.29, 0.717) is 17.3 Å². The first-order valence-electron chi connectivity index (χ1n) is 4.39. The predicted octanol–water partition coefficient (Wildman–Crippen LogP) is 1.97. The SMILES string of the molecule is C=C1CC2CC(O)C1C2(C)C. The summed E-state index contributed by atoms with van der Waals surface area (Å²) in [6, 6.07) is 0. The number of aliphatic hydroxyl groups excluding tert-OH is 1. The minimum Gasteiger partial charge on any atom is -0.392 e. The molecule has 2 aliphatic carbocycles. The summed E-state index contributed by atoms with van der Waals surface area (Å²) in [5.74, 6) is 1.07. The minimum absolute atomic E-state index is 0.101. The zero-order chi connectivity index (χ0) is 8.22. The van der Waals surface area contributed by atoms with Gasteiger partial charge in [-0.3, -0.25) is 0 Å². The molecule has 11 heavy (non-hydrogen) atoms. The number of hydrogen-bond acceptors (Lipinski definition) is 1. The first-order chi connectivity index (χ1) is 5.03. The molecule has 0 heterocycles. The van der Waals surface area contributed by atoms with Crippen LogP contribution in [0.1, 0.15) is 26.7 Å². The highest BCUT2D eigenvalue weighted by Gasteiger charge is 2.54. The van der Waals surface area contributed by atoms with E-state index in [0.717, 1.165) is 12.8 Å². The van der Waals surface area contributed by atoms with Crippen molar-refractivity contribution in [1.29, 1.82) is 0 Å². The van der Waals surface area contributed by atoms with Gasteiger partial charge in [-0.05, 0) is 24.2 Å². The first kappa shape index (κ1) is 7.35. The Morgan fingerprint density at radius 3 is 2.45 bits per heavy atom. The fourth-order valence-electron chi connectivity index (χ4n) is 3.07. The van der Waals surface area contributed by atoms with Gasteiger partial charge in [0, 0.05) is 5.92 Å². The lowest BCUT2D eigenvalue weighted by Crippen LogP contribution is -2.23. The van der Waals surface area contributed by atoms with Gasteiger partial charge in [0.2, 0.25) is 0 Å². The third-order valence-electron chi connectivity index (χ3n) is 3.71. The zero-order valence-electron chi connectivity index (χ0n) is 7.30. The molecule has 1 heteroatoms. The molecule has 0 saturated heterocycles. The van der Waals surface area contributed by atoms with Crippen LogP contribution in [0, 0.1) is 17.3 Å². The van der Waals surface area contributed by atoms with Crippen LogP contribution in [0.15, 0.2) is 12.2 Å². The summed E-state index contributed by atoms with van der Waals surface area (Å²) in [5.41, 5.74) is 1.59. The normalized spacial score (nSPS) is 46.8. The van der Waals surface area contributed by atoms with E-state index in [4.69, 9.17) is 0 Å². The largest absolute Gasteiger partial charge is 0.392 e. The number of aliphatic hydroxyl groups is 1. The molecule has 3 unspecified atom stereocenters. The van der Waals surface area contributed by atoms with Crippen molar-refractivity contribution in [3.05, 3.63) is 12.2 Å². The summed E-state index contributed by atoms with van der Waals surface area (Å²) in [5, 5.41) is 9.66. The molecule has 1 nitrogen and oxygen atoms in total. The Hall–Kier alpha value is -0.300. The highest BCUT2D eigenvalue weighted by atomic mass is 16.3. The van der Waals surface area contributed by atoms with E-state index in [1.54, 1.807) is 0 Å². The molecule has 62 valence electrons. The predicted molar refractivity (Wildman–Crippen MR) is 45.1 cm³/mol. The van der Waals surface area contributed by atoms with Crippen molar-refractivity contribution in [2.24, 2.45) is 17.3 Å². The molecule has 3 atom stereocenters. The van der Waals surface area contributed by atoms with E-state index in [2.05, 4.69) is 20.4 Å². The molecule has 0 spiro atoms. The van der Waals surface area contributed by atoms with Crippen molar-refractivity contribution in [3.63, 3.8) is 0 Å². The lowest BCUT2D eigenvalue weighted by Gasteiger charge is -2.24. The summed E-state index contributed by atoms with van der Waals surface area (Å²) in [6.07, 6.45) is 2.04. The van der Waals surface area contributed by atoms with Crippen molar-refractivity contribution in [3.8, 4) is 0 Å². The number of hydrogen-bond donors (Lipinski definition) is 1. The van der Waals surface area contributed by atoms with Crippen LogP contribution in [-0.4, -0.2) is 11.2 Å². The Bertz CT molecular complexity index is 205. The number of rotatable bonds is 0. The third-order valence-corrected chi connectivity index (χ3v) is 3.71. The smallest absolute Gasteiger partial charge is 0.0613 e. The van der Waals surface area contributed by atoms with Crippen molar-refractivity contribution in [1.82, 2.24) is 0 Å². The van der Waals surface area contributed by atoms with E-state index in [1.807, 2.05) is 0 Å². The molecule has 0 aromatic heterocycles. The summed E-state index contributed by atoms with van der Waals surface area (Å²) >= 11 is 0. The van der Waals surface area contributed by atoms with E-state index < -0.39 is 0 Å². The second-order valence-corrected chi connectivity index (χ2v) is 4.66. The van der Waals surface area contributed by atoms with Gasteiger partial charge in [-0.25, -0.2) is 0 Å². The van der Waals surface area contributed by atoms with Gasteiger partial charge in [0.05, 0.1) is 6.10 Å². The van der Waals surface area contributed by atoms with E-state index in [9.17, 15) is 5.11 Å². The monoisotopic (exact) mass is 152 g/mol. The average molecular weight is 152 g/mol. The second kappa shape index (κ2) is 1.89.